The quantitative estimate of drug-likeness (QED) is 0.0707. The molecule has 0 radical (unpaired) electrons. The summed E-state index contributed by atoms with van der Waals surface area (Å²) in [6.45, 7) is 0.0159. The third-order valence-corrected chi connectivity index (χ3v) is 5.99. The Kier molecular flexibility index (Phi) is 6.97. The first-order chi connectivity index (χ1) is 17.3. The van der Waals surface area contributed by atoms with Gasteiger partial charge in [-0.2, -0.15) is 14.9 Å². The minimum absolute atomic E-state index is 0.0159. The van der Waals surface area contributed by atoms with Crippen LogP contribution in [0.25, 0.3) is 10.9 Å². The average Bonchev–Trinajstić information content (AvgIpc) is 2.92. The minimum atomic E-state index is -0.685. The lowest BCUT2D eigenvalue weighted by molar-refractivity contribution is -0.221. The second kappa shape index (κ2) is 10.6. The molecule has 0 bridgehead atoms. The van der Waals surface area contributed by atoms with Gasteiger partial charge in [0.2, 0.25) is 0 Å². The summed E-state index contributed by atoms with van der Waals surface area (Å²) < 4.78 is 0. The lowest BCUT2D eigenvalue weighted by Crippen LogP contribution is -2.52. The summed E-state index contributed by atoms with van der Waals surface area (Å²) in [5.41, 5.74) is 9.83. The summed E-state index contributed by atoms with van der Waals surface area (Å²) in [6.07, 6.45) is 0. The zero-order chi connectivity index (χ0) is 23.9. The van der Waals surface area contributed by atoms with Crippen LogP contribution in [0.15, 0.2) is 115 Å². The molecular formula is C28H23ClN4O2. The molecule has 0 atom stereocenters. The van der Waals surface area contributed by atoms with Gasteiger partial charge in [0, 0.05) is 5.39 Å². The van der Waals surface area contributed by atoms with Crippen molar-refractivity contribution in [2.45, 2.75) is 5.54 Å². The number of nitrogens with one attached hydrogen (secondary N) is 2. The van der Waals surface area contributed by atoms with E-state index in [-0.39, 0.29) is 12.7 Å². The molecule has 4 aromatic carbocycles. The van der Waals surface area contributed by atoms with Crippen molar-refractivity contribution < 1.29 is 9.78 Å². The molecular weight excluding hydrogens is 460 g/mol. The highest BCUT2D eigenvalue weighted by Gasteiger charge is 2.36. The van der Waals surface area contributed by atoms with Crippen LogP contribution in [0.5, 0.6) is 6.01 Å². The first-order valence-electron chi connectivity index (χ1n) is 11.2. The van der Waals surface area contributed by atoms with Crippen molar-refractivity contribution in [3.8, 4) is 6.01 Å². The maximum atomic E-state index is 6.25. The number of rotatable bonds is 9. The van der Waals surface area contributed by atoms with Crippen LogP contribution in [-0.2, 0) is 10.4 Å². The molecule has 7 heteroatoms. The number of para-hydroxylation sites is 1. The van der Waals surface area contributed by atoms with E-state index in [4.69, 9.17) is 21.4 Å². The molecule has 6 nitrogen and oxygen atoms in total. The van der Waals surface area contributed by atoms with Gasteiger partial charge in [0.05, 0.1) is 5.52 Å². The largest absolute Gasteiger partial charge is 0.355 e. The number of hydrazine groups is 1. The molecule has 0 amide bonds. The summed E-state index contributed by atoms with van der Waals surface area (Å²) in [7, 11) is 0. The van der Waals surface area contributed by atoms with Gasteiger partial charge in [-0.3, -0.25) is 4.89 Å². The number of hydrogen-bond donors (Lipinski definition) is 2. The number of nitrogens with zero attached hydrogens (tertiary/aromatic N) is 2. The van der Waals surface area contributed by atoms with Gasteiger partial charge in [-0.25, -0.2) is 10.9 Å². The number of aromatic nitrogens is 2. The summed E-state index contributed by atoms with van der Waals surface area (Å²) in [5.74, 6) is 0. The van der Waals surface area contributed by atoms with Crippen LogP contribution in [0.1, 0.15) is 16.7 Å². The Morgan fingerprint density at radius 3 is 1.74 bits per heavy atom. The highest BCUT2D eigenvalue weighted by atomic mass is 35.5. The Morgan fingerprint density at radius 2 is 1.17 bits per heavy atom. The zero-order valence-corrected chi connectivity index (χ0v) is 19.5. The fourth-order valence-corrected chi connectivity index (χ4v) is 4.35. The third kappa shape index (κ3) is 4.87. The highest BCUT2D eigenvalue weighted by molar-refractivity contribution is 6.34. The summed E-state index contributed by atoms with van der Waals surface area (Å²) in [6, 6.07) is 38.2. The average molecular weight is 483 g/mol. The van der Waals surface area contributed by atoms with Crippen LogP contribution >= 0.6 is 11.6 Å². The Morgan fingerprint density at radius 1 is 0.657 bits per heavy atom. The number of benzene rings is 4. The van der Waals surface area contributed by atoms with Crippen LogP contribution in [0, 0.1) is 0 Å². The van der Waals surface area contributed by atoms with Crippen molar-refractivity contribution in [2.75, 3.05) is 6.73 Å². The van der Waals surface area contributed by atoms with E-state index in [0.29, 0.717) is 10.7 Å². The van der Waals surface area contributed by atoms with Gasteiger partial charge in [0.15, 0.2) is 6.73 Å². The molecule has 0 unspecified atom stereocenters. The SMILES string of the molecule is Clc1nc(OOCNNC(c2ccccc2)(c2ccccc2)c2ccccc2)nc2ccccc12. The fourth-order valence-electron chi connectivity index (χ4n) is 4.12. The molecule has 2 N–H and O–H groups in total. The Balaban J connectivity index is 1.37. The minimum Gasteiger partial charge on any atom is -0.293 e. The van der Waals surface area contributed by atoms with Crippen LogP contribution in [0.3, 0.4) is 0 Å². The number of halogens is 1. The molecule has 5 aromatic rings. The number of fused-ring (bicyclic) bond motifs is 1. The monoisotopic (exact) mass is 482 g/mol. The lowest BCUT2D eigenvalue weighted by Gasteiger charge is -2.37. The van der Waals surface area contributed by atoms with E-state index in [2.05, 4.69) is 57.2 Å². The van der Waals surface area contributed by atoms with Crippen molar-refractivity contribution in [1.29, 1.82) is 0 Å². The van der Waals surface area contributed by atoms with Crippen LogP contribution in [0.4, 0.5) is 0 Å². The van der Waals surface area contributed by atoms with Crippen molar-refractivity contribution in [3.63, 3.8) is 0 Å². The van der Waals surface area contributed by atoms with Gasteiger partial charge in [-0.05, 0) is 28.8 Å². The molecule has 174 valence electrons. The normalized spacial score (nSPS) is 11.5. The van der Waals surface area contributed by atoms with E-state index in [9.17, 15) is 0 Å². The summed E-state index contributed by atoms with van der Waals surface area (Å²) >= 11 is 6.25. The zero-order valence-electron chi connectivity index (χ0n) is 18.8. The highest BCUT2D eigenvalue weighted by Crippen LogP contribution is 2.36. The maximum Gasteiger partial charge on any atom is 0.355 e. The number of hydrogen-bond acceptors (Lipinski definition) is 6. The third-order valence-electron chi connectivity index (χ3n) is 5.70. The van der Waals surface area contributed by atoms with Gasteiger partial charge >= 0.3 is 6.01 Å². The van der Waals surface area contributed by atoms with Crippen molar-refractivity contribution in [2.24, 2.45) is 0 Å². The smallest absolute Gasteiger partial charge is 0.293 e. The van der Waals surface area contributed by atoms with E-state index in [1.165, 1.54) is 0 Å². The van der Waals surface area contributed by atoms with Crippen molar-refractivity contribution in [1.82, 2.24) is 20.8 Å². The van der Waals surface area contributed by atoms with Crippen molar-refractivity contribution >= 4 is 22.5 Å². The van der Waals surface area contributed by atoms with Crippen LogP contribution < -0.4 is 15.7 Å². The van der Waals surface area contributed by atoms with Gasteiger partial charge in [-0.1, -0.05) is 115 Å². The molecule has 0 saturated carbocycles. The Bertz CT molecular complexity index is 1290. The van der Waals surface area contributed by atoms with Gasteiger partial charge in [0.25, 0.3) is 0 Å². The maximum absolute atomic E-state index is 6.25. The molecule has 0 saturated heterocycles. The van der Waals surface area contributed by atoms with E-state index in [1.807, 2.05) is 78.9 Å². The Hall–Kier alpha value is -3.81. The molecule has 1 heterocycles. The first kappa shape index (κ1) is 23.0. The molecule has 35 heavy (non-hydrogen) atoms. The molecule has 0 aliphatic carbocycles. The molecule has 1 aromatic heterocycles. The first-order valence-corrected chi connectivity index (χ1v) is 11.5. The molecule has 0 aliphatic rings. The van der Waals surface area contributed by atoms with Gasteiger partial charge < -0.3 is 0 Å². The second-order valence-electron chi connectivity index (χ2n) is 7.81. The summed E-state index contributed by atoms with van der Waals surface area (Å²) in [4.78, 5) is 19.2. The molecule has 0 spiro atoms. The topological polar surface area (TPSA) is 68.3 Å². The van der Waals surface area contributed by atoms with E-state index in [1.54, 1.807) is 0 Å². The predicted molar refractivity (Wildman–Crippen MR) is 137 cm³/mol. The lowest BCUT2D eigenvalue weighted by atomic mass is 9.77. The van der Waals surface area contributed by atoms with Crippen LogP contribution in [-0.4, -0.2) is 16.7 Å². The standard InChI is InChI=1S/C28H23ClN4O2/c29-26-24-18-10-11-19-25(24)31-27(32-26)35-34-20-30-33-28(21-12-4-1-5-13-21,22-14-6-2-7-15-22)23-16-8-3-9-17-23/h1-19,30,33H,20H2. The van der Waals surface area contributed by atoms with E-state index in [0.717, 1.165) is 22.1 Å². The van der Waals surface area contributed by atoms with Gasteiger partial charge in [-0.15, -0.1) is 0 Å². The van der Waals surface area contributed by atoms with Crippen molar-refractivity contribution in [3.05, 3.63) is 137 Å². The van der Waals surface area contributed by atoms with E-state index < -0.39 is 5.54 Å². The molecule has 0 aliphatic heterocycles. The second-order valence-corrected chi connectivity index (χ2v) is 8.17. The molecule has 5 rings (SSSR count). The summed E-state index contributed by atoms with van der Waals surface area (Å²) in [5, 5.41) is 1.05. The predicted octanol–water partition coefficient (Wildman–Crippen LogP) is 5.64. The Labute approximate surface area is 208 Å². The van der Waals surface area contributed by atoms with E-state index >= 15 is 0 Å². The van der Waals surface area contributed by atoms with Gasteiger partial charge in [0.1, 0.15) is 10.7 Å². The molecule has 0 fully saturated rings. The fraction of sp³-hybridized carbons (Fsp3) is 0.0714. The van der Waals surface area contributed by atoms with Crippen LogP contribution in [0.2, 0.25) is 5.15 Å².